The van der Waals surface area contributed by atoms with Gasteiger partial charge in [-0.05, 0) is 67.6 Å². The van der Waals surface area contributed by atoms with E-state index in [1.165, 1.54) is 75.8 Å². The molecule has 0 amide bonds. The summed E-state index contributed by atoms with van der Waals surface area (Å²) in [5.74, 6) is 4.11. The maximum absolute atomic E-state index is 2.62. The van der Waals surface area contributed by atoms with Crippen molar-refractivity contribution in [3.05, 3.63) is 0 Å². The summed E-state index contributed by atoms with van der Waals surface area (Å²) in [6, 6.07) is 14.2. The summed E-state index contributed by atoms with van der Waals surface area (Å²) in [5.41, 5.74) is 7.48. The van der Waals surface area contributed by atoms with Crippen LogP contribution in [-0.2, 0) is 0 Å². The molecule has 0 radical (unpaired) electrons. The van der Waals surface area contributed by atoms with Crippen molar-refractivity contribution < 1.29 is 0 Å². The first-order chi connectivity index (χ1) is 35.1. The molecule has 0 spiro atoms. The largest absolute Gasteiger partial charge is 0.0694 e. The number of hydrogen-bond donors (Lipinski definition) is 0. The van der Waals surface area contributed by atoms with Gasteiger partial charge in [0.2, 0.25) is 0 Å². The molecule has 5 unspecified atom stereocenters. The molecule has 10 heteroatoms. The standard InChI is InChI=1S/C10H24Si2.C9H22Si2.2C9H20Si.3C8H18Si.C7H16Si/c1-6-10-11(2,3)8-7-9-12(10,4)5;1-9-10(2,3)7-6-8-11(9,4)5;1-8-6-5-7-10(3,4)9(8)2;1-8-6-5-7-9(2)10(8,3)4;1-7-5-8(2)9(3,4)6-7;1-7-5-6-9(3,4)8(7)2;1-7-5-6-8(2)9(7,3)4;1-7-4-5-8(2,3)6-7/h10H,6-9H2,1-5H3;9H,6-8H2,1-5H3;2*8-9H,5-7H2,1-4H3;3*7-8H,5-6H2,1-4H3;7H,4-6H2,1-3H3/t;;8?,9-;8-,9?;2*7?,8-;7-,8?;7-/m..111111/s1. The van der Waals surface area contributed by atoms with Crippen LogP contribution in [-0.4, -0.2) is 80.7 Å². The normalized spacial score (nSPS) is 36.8. The second-order valence-electron chi connectivity index (χ2n) is 37.5. The van der Waals surface area contributed by atoms with E-state index in [1.807, 2.05) is 0 Å². The lowest BCUT2D eigenvalue weighted by Gasteiger charge is -2.46. The highest BCUT2D eigenvalue weighted by molar-refractivity contribution is 6.99. The van der Waals surface area contributed by atoms with Gasteiger partial charge in [-0.3, -0.25) is 0 Å². The first-order valence-corrected chi connectivity index (χ1v) is 67.8. The van der Waals surface area contributed by atoms with Crippen LogP contribution < -0.4 is 0 Å². The zero-order valence-electron chi connectivity index (χ0n) is 61.1. The van der Waals surface area contributed by atoms with E-state index in [1.54, 1.807) is 67.2 Å². The molecule has 468 valence electrons. The van der Waals surface area contributed by atoms with E-state index in [0.717, 1.165) is 67.6 Å². The van der Waals surface area contributed by atoms with Crippen LogP contribution in [0.3, 0.4) is 0 Å². The van der Waals surface area contributed by atoms with Crippen LogP contribution >= 0.6 is 0 Å². The first-order valence-electron chi connectivity index (χ1n) is 35.1. The molecule has 8 fully saturated rings. The molecular weight excluding hydrogens is 1100 g/mol. The third kappa shape index (κ3) is 24.4. The van der Waals surface area contributed by atoms with Crippen molar-refractivity contribution in [3.63, 3.8) is 0 Å². The van der Waals surface area contributed by atoms with Gasteiger partial charge in [-0.15, -0.1) is 0 Å². The van der Waals surface area contributed by atoms with E-state index in [-0.39, 0.29) is 0 Å². The Morgan fingerprint density at radius 1 is 0.295 bits per heavy atom. The Morgan fingerprint density at radius 2 is 0.667 bits per heavy atom. The monoisotopic (exact) mass is 1250 g/mol. The summed E-state index contributed by atoms with van der Waals surface area (Å²) in [6.45, 7) is 83.0. The van der Waals surface area contributed by atoms with E-state index < -0.39 is 80.7 Å². The molecule has 78 heavy (non-hydrogen) atoms. The SMILES string of the molecule is CC1CCC[C@@H](C)[Si]1(C)C.CC1CCC[Si](C)(C)[C@@H]1C.CC1CC[C@@H](C)[Si]1(C)C.CC1CC[Si](C)(C)[C@@H]1C.CC1C[C@@H](C)[Si](C)(C)C1.CC1[Si](C)(C)CCC[Si]1(C)C.CCC1[Si](C)(C)CCC[Si]1(C)C.C[C@@H]1CC[Si](C)(C)C1. The maximum Gasteiger partial charge on any atom is 0.0530 e. The summed E-state index contributed by atoms with van der Waals surface area (Å²) >= 11 is 0. The van der Waals surface area contributed by atoms with Gasteiger partial charge >= 0.3 is 0 Å². The predicted octanol–water partition coefficient (Wildman–Crippen LogP) is 27.3. The molecule has 0 aliphatic carbocycles. The molecule has 0 bridgehead atoms. The Labute approximate surface area is 508 Å². The molecule has 0 saturated carbocycles. The molecule has 8 heterocycles. The minimum absolute atomic E-state index is 0.603. The smallest absolute Gasteiger partial charge is 0.0530 e. The second-order valence-corrected chi connectivity index (χ2v) is 92.3. The van der Waals surface area contributed by atoms with Crippen LogP contribution in [0.4, 0.5) is 0 Å². The fourth-order valence-electron chi connectivity index (χ4n) is 17.6. The Bertz CT molecular complexity index is 1620. The van der Waals surface area contributed by atoms with Crippen LogP contribution in [0.1, 0.15) is 173 Å². The third-order valence-electron chi connectivity index (χ3n) is 27.4. The first kappa shape index (κ1) is 78.2. The minimum Gasteiger partial charge on any atom is -0.0694 e. The zero-order valence-corrected chi connectivity index (χ0v) is 71.1. The van der Waals surface area contributed by atoms with Gasteiger partial charge in [-0.1, -0.05) is 364 Å². The van der Waals surface area contributed by atoms with E-state index >= 15 is 0 Å². The van der Waals surface area contributed by atoms with Gasteiger partial charge in [0.25, 0.3) is 0 Å². The van der Waals surface area contributed by atoms with Crippen LogP contribution in [0.15, 0.2) is 0 Å². The molecule has 8 saturated heterocycles. The number of rotatable bonds is 1. The predicted molar refractivity (Wildman–Crippen MR) is 400 cm³/mol. The highest BCUT2D eigenvalue weighted by Gasteiger charge is 2.46. The summed E-state index contributed by atoms with van der Waals surface area (Å²) in [4.78, 5) is 0. The van der Waals surface area contributed by atoms with Crippen LogP contribution in [0, 0.1) is 23.7 Å². The van der Waals surface area contributed by atoms with Crippen molar-refractivity contribution in [1.29, 1.82) is 0 Å². The highest BCUT2D eigenvalue weighted by atomic mass is 28.4. The molecular formula is C68H156Si10. The van der Waals surface area contributed by atoms with Crippen molar-refractivity contribution >= 4 is 80.7 Å². The average molecular weight is 1250 g/mol. The summed E-state index contributed by atoms with van der Waals surface area (Å²) in [6.07, 6.45) is 19.6. The Balaban J connectivity index is 0.000000447. The fraction of sp³-hybridized carbons (Fsp3) is 1.00. The lowest BCUT2D eigenvalue weighted by atomic mass is 10.0. The Morgan fingerprint density at radius 3 is 0.859 bits per heavy atom. The molecule has 8 aliphatic heterocycles. The Hall–Kier alpha value is 2.17. The van der Waals surface area contributed by atoms with Gasteiger partial charge in [0, 0.05) is 40.4 Å². The van der Waals surface area contributed by atoms with Crippen molar-refractivity contribution in [2.75, 3.05) is 0 Å². The van der Waals surface area contributed by atoms with E-state index in [2.05, 4.69) is 221 Å². The molecule has 8 rings (SSSR count). The van der Waals surface area contributed by atoms with Gasteiger partial charge in [-0.2, -0.15) is 0 Å². The summed E-state index contributed by atoms with van der Waals surface area (Å²) in [7, 11) is -7.44. The molecule has 11 atom stereocenters. The quantitative estimate of drug-likeness (QED) is 0.230. The van der Waals surface area contributed by atoms with Crippen molar-refractivity contribution in [2.45, 2.75) is 408 Å². The lowest BCUT2D eigenvalue weighted by Crippen LogP contribution is -2.50. The fourth-order valence-corrected chi connectivity index (χ4v) is 64.3. The van der Waals surface area contributed by atoms with Gasteiger partial charge in [-0.25, -0.2) is 0 Å². The van der Waals surface area contributed by atoms with E-state index in [0.29, 0.717) is 0 Å². The number of hydrogen-bond acceptors (Lipinski definition) is 0. The van der Waals surface area contributed by atoms with Crippen molar-refractivity contribution in [3.8, 4) is 0 Å². The average Bonchev–Trinajstić information content (AvgIpc) is 3.92. The topological polar surface area (TPSA) is 0 Å². The van der Waals surface area contributed by atoms with E-state index in [4.69, 9.17) is 0 Å². The third-order valence-corrected chi connectivity index (χ3v) is 81.3. The minimum atomic E-state index is -0.797. The van der Waals surface area contributed by atoms with Gasteiger partial charge in [0.15, 0.2) is 0 Å². The van der Waals surface area contributed by atoms with Crippen molar-refractivity contribution in [1.82, 2.24) is 0 Å². The zero-order chi connectivity index (χ0) is 61.1. The lowest BCUT2D eigenvalue weighted by molar-refractivity contribution is 0.467. The molecule has 0 aromatic rings. The molecule has 8 aliphatic rings. The van der Waals surface area contributed by atoms with Gasteiger partial charge in [0.05, 0.1) is 40.4 Å². The molecule has 0 N–H and O–H groups in total. The van der Waals surface area contributed by atoms with E-state index in [9.17, 15) is 0 Å². The molecule has 0 aromatic heterocycles. The summed E-state index contributed by atoms with van der Waals surface area (Å²) in [5, 5.41) is 2.34. The second kappa shape index (κ2) is 31.9. The van der Waals surface area contributed by atoms with Crippen LogP contribution in [0.25, 0.3) is 0 Å². The maximum atomic E-state index is 2.62. The van der Waals surface area contributed by atoms with Gasteiger partial charge in [0.1, 0.15) is 0 Å². The molecule has 0 aromatic carbocycles. The summed E-state index contributed by atoms with van der Waals surface area (Å²) < 4.78 is 0. The van der Waals surface area contributed by atoms with Gasteiger partial charge < -0.3 is 0 Å². The van der Waals surface area contributed by atoms with Crippen LogP contribution in [0.5, 0.6) is 0 Å². The molecule has 0 nitrogen and oxygen atoms in total. The highest BCUT2D eigenvalue weighted by Crippen LogP contribution is 2.49. The Kier molecular flexibility index (Phi) is 32.0. The van der Waals surface area contributed by atoms with Crippen LogP contribution in [0.2, 0.25) is 234 Å². The van der Waals surface area contributed by atoms with Crippen molar-refractivity contribution in [2.24, 2.45) is 23.7 Å².